The van der Waals surface area contributed by atoms with Crippen molar-refractivity contribution in [3.05, 3.63) is 89.3 Å². The van der Waals surface area contributed by atoms with E-state index >= 15 is 0 Å². The summed E-state index contributed by atoms with van der Waals surface area (Å²) in [5, 5.41) is 11.6. The average Bonchev–Trinajstić information content (AvgIpc) is 3.36. The number of hydrogen-bond acceptors (Lipinski definition) is 7. The zero-order valence-corrected chi connectivity index (χ0v) is 16.7. The molecule has 0 radical (unpaired) electrons. The number of aromatic nitrogens is 1. The minimum absolute atomic E-state index is 0.126. The van der Waals surface area contributed by atoms with Gasteiger partial charge in [-0.25, -0.2) is 4.79 Å². The molecule has 1 unspecified atom stereocenters. The Balaban J connectivity index is 1.66. The molecule has 0 saturated carbocycles. The third-order valence-electron chi connectivity index (χ3n) is 5.40. The van der Waals surface area contributed by atoms with E-state index in [1.807, 2.05) is 6.07 Å². The van der Waals surface area contributed by atoms with Gasteiger partial charge in [-0.3, -0.25) is 4.98 Å². The number of methoxy groups -OCH3 is 1. The normalized spacial score (nSPS) is 19.5. The van der Waals surface area contributed by atoms with Crippen LogP contribution in [0.4, 0.5) is 0 Å². The molecule has 3 heterocycles. The molecule has 0 spiro atoms. The third-order valence-corrected chi connectivity index (χ3v) is 5.40. The molecule has 0 saturated heterocycles. The molecule has 156 valence electrons. The first-order valence-corrected chi connectivity index (χ1v) is 9.71. The second-order valence-electron chi connectivity index (χ2n) is 7.22. The summed E-state index contributed by atoms with van der Waals surface area (Å²) in [7, 11) is 1.56. The quantitative estimate of drug-likeness (QED) is 0.638. The number of cyclic esters (lactones) is 1. The molecule has 2 aliphatic heterocycles. The van der Waals surface area contributed by atoms with Gasteiger partial charge in [-0.1, -0.05) is 12.1 Å². The molecule has 5 rings (SSSR count). The number of fused-ring (bicyclic) bond motifs is 1. The lowest BCUT2D eigenvalue weighted by atomic mass is 9.88. The van der Waals surface area contributed by atoms with E-state index in [4.69, 9.17) is 18.9 Å². The Kier molecular flexibility index (Phi) is 4.60. The predicted molar refractivity (Wildman–Crippen MR) is 110 cm³/mol. The number of benzene rings is 2. The van der Waals surface area contributed by atoms with Gasteiger partial charge >= 0.3 is 5.97 Å². The highest BCUT2D eigenvalue weighted by molar-refractivity contribution is 6.20. The van der Waals surface area contributed by atoms with Gasteiger partial charge in [0.05, 0.1) is 12.7 Å². The Morgan fingerprint density at radius 3 is 2.65 bits per heavy atom. The number of nitrogens with zero attached hydrogens (tertiary/aromatic N) is 1. The molecule has 7 nitrogen and oxygen atoms in total. The van der Waals surface area contributed by atoms with Crippen LogP contribution in [-0.4, -0.2) is 30.0 Å². The smallest absolute Gasteiger partial charge is 0.342 e. The van der Waals surface area contributed by atoms with Crippen molar-refractivity contribution in [2.45, 2.75) is 12.2 Å². The molecule has 1 aromatic heterocycles. The predicted octanol–water partition coefficient (Wildman–Crippen LogP) is 3.22. The molecular weight excluding hydrogens is 398 g/mol. The summed E-state index contributed by atoms with van der Waals surface area (Å²) >= 11 is 0. The number of esters is 1. The largest absolute Gasteiger partial charge is 0.497 e. The van der Waals surface area contributed by atoms with Gasteiger partial charge in [-0.2, -0.15) is 0 Å². The first-order chi connectivity index (χ1) is 15.1. The maximum absolute atomic E-state index is 13.0. The number of pyridine rings is 1. The Hall–Kier alpha value is -3.84. The van der Waals surface area contributed by atoms with Gasteiger partial charge in [-0.15, -0.1) is 0 Å². The van der Waals surface area contributed by atoms with E-state index in [9.17, 15) is 9.90 Å². The Morgan fingerprint density at radius 2 is 1.90 bits per heavy atom. The van der Waals surface area contributed by atoms with E-state index in [-0.39, 0.29) is 13.2 Å². The zero-order valence-electron chi connectivity index (χ0n) is 16.7. The third kappa shape index (κ3) is 3.29. The van der Waals surface area contributed by atoms with Gasteiger partial charge in [0.2, 0.25) is 6.79 Å². The highest BCUT2D eigenvalue weighted by atomic mass is 16.7. The van der Waals surface area contributed by atoms with E-state index < -0.39 is 11.8 Å². The van der Waals surface area contributed by atoms with Crippen LogP contribution in [0, 0.1) is 0 Å². The Morgan fingerprint density at radius 1 is 1.10 bits per heavy atom. The molecule has 2 aromatic carbocycles. The van der Waals surface area contributed by atoms with Crippen LogP contribution >= 0.6 is 0 Å². The van der Waals surface area contributed by atoms with Gasteiger partial charge in [0.25, 0.3) is 5.79 Å². The highest BCUT2D eigenvalue weighted by Gasteiger charge is 2.48. The van der Waals surface area contributed by atoms with Crippen LogP contribution in [-0.2, 0) is 21.7 Å². The van der Waals surface area contributed by atoms with Crippen LogP contribution in [0.25, 0.3) is 5.57 Å². The molecule has 0 aliphatic carbocycles. The van der Waals surface area contributed by atoms with Crippen LogP contribution in [0.2, 0.25) is 0 Å². The Labute approximate surface area is 178 Å². The van der Waals surface area contributed by atoms with Crippen molar-refractivity contribution in [2.24, 2.45) is 0 Å². The summed E-state index contributed by atoms with van der Waals surface area (Å²) in [5.74, 6) is -0.764. The summed E-state index contributed by atoms with van der Waals surface area (Å²) in [6.45, 7) is 0.126. The summed E-state index contributed by atoms with van der Waals surface area (Å²) in [6.07, 6.45) is 3.63. The van der Waals surface area contributed by atoms with Gasteiger partial charge in [0.15, 0.2) is 11.5 Å². The minimum Gasteiger partial charge on any atom is -0.497 e. The van der Waals surface area contributed by atoms with Crippen molar-refractivity contribution in [3.63, 3.8) is 0 Å². The number of hydrogen-bond donors (Lipinski definition) is 1. The second kappa shape index (κ2) is 7.45. The van der Waals surface area contributed by atoms with E-state index in [0.29, 0.717) is 39.5 Å². The van der Waals surface area contributed by atoms with Gasteiger partial charge in [0, 0.05) is 30.0 Å². The van der Waals surface area contributed by atoms with Gasteiger partial charge in [-0.05, 0) is 53.6 Å². The van der Waals surface area contributed by atoms with Crippen molar-refractivity contribution in [2.75, 3.05) is 13.9 Å². The first kappa shape index (κ1) is 19.1. The van der Waals surface area contributed by atoms with Gasteiger partial charge < -0.3 is 24.1 Å². The van der Waals surface area contributed by atoms with Crippen molar-refractivity contribution in [1.82, 2.24) is 4.98 Å². The molecule has 7 heteroatoms. The minimum atomic E-state index is -1.93. The fraction of sp³-hybridized carbons (Fsp3) is 0.167. The molecule has 1 N–H and O–H groups in total. The molecule has 2 aliphatic rings. The molecule has 1 atom stereocenters. The lowest BCUT2D eigenvalue weighted by molar-refractivity contribution is -0.185. The topological polar surface area (TPSA) is 87.1 Å². The summed E-state index contributed by atoms with van der Waals surface area (Å²) in [6, 6.07) is 15.7. The van der Waals surface area contributed by atoms with Crippen LogP contribution in [0.3, 0.4) is 0 Å². The molecular formula is C24H19NO6. The molecule has 0 bridgehead atoms. The number of aliphatic hydroxyl groups is 1. The van der Waals surface area contributed by atoms with E-state index in [1.165, 1.54) is 0 Å². The summed E-state index contributed by atoms with van der Waals surface area (Å²) in [4.78, 5) is 17.2. The second-order valence-corrected chi connectivity index (χ2v) is 7.22. The van der Waals surface area contributed by atoms with Crippen molar-refractivity contribution >= 4 is 11.5 Å². The van der Waals surface area contributed by atoms with Crippen LogP contribution in [0.15, 0.2) is 72.6 Å². The Bertz CT molecular complexity index is 1170. The number of carbonyl (C=O) groups excluding carboxylic acids is 1. The maximum atomic E-state index is 13.0. The summed E-state index contributed by atoms with van der Waals surface area (Å²) in [5.41, 5.74) is 2.56. The molecule has 0 fully saturated rings. The lowest BCUT2D eigenvalue weighted by Crippen LogP contribution is -2.29. The SMILES string of the molecule is COc1ccc(C2(O)OC(=O)C(c3ccc4c(c3)OCO4)=C2Cc2cccnc2)cc1. The number of rotatable bonds is 5. The molecule has 3 aromatic rings. The molecule has 0 amide bonds. The zero-order chi connectivity index (χ0) is 21.4. The maximum Gasteiger partial charge on any atom is 0.342 e. The standard InChI is InChI=1S/C24H19NO6/c1-28-18-7-5-17(6-8-18)24(27)19(11-15-3-2-10-25-13-15)22(23(26)31-24)16-4-9-20-21(12-16)30-14-29-20/h2-10,12-13,27H,11,14H2,1H3. The monoisotopic (exact) mass is 417 g/mol. The molecule has 31 heavy (non-hydrogen) atoms. The number of carbonyl (C=O) groups is 1. The van der Waals surface area contributed by atoms with Crippen molar-refractivity contribution in [3.8, 4) is 17.2 Å². The van der Waals surface area contributed by atoms with Crippen LogP contribution in [0.1, 0.15) is 16.7 Å². The average molecular weight is 417 g/mol. The van der Waals surface area contributed by atoms with Crippen molar-refractivity contribution in [1.29, 1.82) is 0 Å². The van der Waals surface area contributed by atoms with E-state index in [0.717, 1.165) is 5.56 Å². The first-order valence-electron chi connectivity index (χ1n) is 9.71. The van der Waals surface area contributed by atoms with Crippen LogP contribution < -0.4 is 14.2 Å². The summed E-state index contributed by atoms with van der Waals surface area (Å²) < 4.78 is 21.6. The van der Waals surface area contributed by atoms with Crippen molar-refractivity contribution < 1.29 is 28.8 Å². The van der Waals surface area contributed by atoms with Gasteiger partial charge in [0.1, 0.15) is 5.75 Å². The van der Waals surface area contributed by atoms with E-state index in [2.05, 4.69) is 4.98 Å². The lowest BCUT2D eigenvalue weighted by Gasteiger charge is -2.25. The highest BCUT2D eigenvalue weighted by Crippen LogP contribution is 2.46. The fourth-order valence-electron chi connectivity index (χ4n) is 3.85. The van der Waals surface area contributed by atoms with Crippen LogP contribution in [0.5, 0.6) is 17.2 Å². The number of ether oxygens (including phenoxy) is 4. The van der Waals surface area contributed by atoms with E-state index in [1.54, 1.807) is 68.0 Å². The fourth-order valence-corrected chi connectivity index (χ4v) is 3.85.